The van der Waals surface area contributed by atoms with Crippen molar-refractivity contribution in [2.75, 3.05) is 7.11 Å². The lowest BCUT2D eigenvalue weighted by atomic mass is 10.1. The summed E-state index contributed by atoms with van der Waals surface area (Å²) in [4.78, 5) is 12.1. The van der Waals surface area contributed by atoms with Crippen molar-refractivity contribution in [1.82, 2.24) is 5.43 Å². The average Bonchev–Trinajstić information content (AvgIpc) is 2.74. The number of carbonyl (C=O) groups is 1. The van der Waals surface area contributed by atoms with Crippen LogP contribution in [0.4, 0.5) is 0 Å². The molecule has 0 aliphatic rings. The number of benzene rings is 3. The van der Waals surface area contributed by atoms with E-state index in [1.54, 1.807) is 31.4 Å². The molecule has 0 aromatic heterocycles. The number of amides is 1. The number of nitrogens with one attached hydrogen (secondary N) is 1. The van der Waals surface area contributed by atoms with Gasteiger partial charge in [0.1, 0.15) is 12.4 Å². The quantitative estimate of drug-likeness (QED) is 0.440. The largest absolute Gasteiger partial charge is 0.508 e. The third kappa shape index (κ3) is 5.85. The number of hydrogen-bond donors (Lipinski definition) is 2. The molecule has 30 heavy (non-hydrogen) atoms. The molecule has 1 amide bonds. The minimum atomic E-state index is -0.262. The molecule has 2 N–H and O–H groups in total. The van der Waals surface area contributed by atoms with Crippen molar-refractivity contribution in [2.45, 2.75) is 20.0 Å². The van der Waals surface area contributed by atoms with Crippen LogP contribution in [0.15, 0.2) is 71.8 Å². The zero-order valence-corrected chi connectivity index (χ0v) is 17.0. The second-order valence-corrected chi connectivity index (χ2v) is 6.79. The van der Waals surface area contributed by atoms with Gasteiger partial charge in [-0.1, -0.05) is 48.0 Å². The Hall–Kier alpha value is -3.80. The molecule has 0 heterocycles. The molecule has 0 aliphatic heterocycles. The highest BCUT2D eigenvalue weighted by Crippen LogP contribution is 2.30. The fourth-order valence-corrected chi connectivity index (χ4v) is 2.92. The lowest BCUT2D eigenvalue weighted by Crippen LogP contribution is -2.19. The summed E-state index contributed by atoms with van der Waals surface area (Å²) in [5.41, 5.74) is 6.19. The van der Waals surface area contributed by atoms with Crippen molar-refractivity contribution in [3.63, 3.8) is 0 Å². The summed E-state index contributed by atoms with van der Waals surface area (Å²) in [6.45, 7) is 2.42. The summed E-state index contributed by atoms with van der Waals surface area (Å²) >= 11 is 0. The Balaban J connectivity index is 1.67. The second kappa shape index (κ2) is 10.1. The fraction of sp³-hybridized carbons (Fsp3) is 0.167. The number of rotatable bonds is 8. The number of nitrogens with zero attached hydrogens (tertiary/aromatic N) is 1. The molecule has 0 bridgehead atoms. The first-order valence-corrected chi connectivity index (χ1v) is 9.50. The Kier molecular flexibility index (Phi) is 7.05. The van der Waals surface area contributed by atoms with E-state index < -0.39 is 0 Å². The topological polar surface area (TPSA) is 80.2 Å². The number of phenols is 1. The molecule has 3 aromatic rings. The molecule has 154 valence electrons. The van der Waals surface area contributed by atoms with Crippen LogP contribution in [0.5, 0.6) is 17.2 Å². The van der Waals surface area contributed by atoms with Gasteiger partial charge in [0.15, 0.2) is 11.5 Å². The number of para-hydroxylation sites is 1. The molecule has 3 aromatic carbocycles. The summed E-state index contributed by atoms with van der Waals surface area (Å²) in [5, 5.41) is 13.4. The highest BCUT2D eigenvalue weighted by Gasteiger charge is 2.10. The first-order valence-electron chi connectivity index (χ1n) is 9.50. The van der Waals surface area contributed by atoms with Gasteiger partial charge in [0.25, 0.3) is 0 Å². The molecule has 0 radical (unpaired) electrons. The van der Waals surface area contributed by atoms with Crippen LogP contribution >= 0.6 is 0 Å². The summed E-state index contributed by atoms with van der Waals surface area (Å²) < 4.78 is 11.4. The Bertz CT molecular complexity index is 1030. The molecule has 6 nitrogen and oxygen atoms in total. The van der Waals surface area contributed by atoms with Crippen molar-refractivity contribution >= 4 is 12.1 Å². The summed E-state index contributed by atoms with van der Waals surface area (Å²) in [6.07, 6.45) is 1.69. The SMILES string of the molecule is COc1cccc(/C=N\NC(=O)Cc2ccc(O)cc2)c1OCc1cccc(C)c1. The first-order chi connectivity index (χ1) is 14.5. The van der Waals surface area contributed by atoms with Crippen molar-refractivity contribution in [3.05, 3.63) is 89.0 Å². The number of aromatic hydroxyl groups is 1. The third-order valence-corrected chi connectivity index (χ3v) is 4.39. The lowest BCUT2D eigenvalue weighted by molar-refractivity contribution is -0.120. The Morgan fingerprint density at radius 3 is 2.57 bits per heavy atom. The molecule has 0 unspecified atom stereocenters. The number of methoxy groups -OCH3 is 1. The van der Waals surface area contributed by atoms with Gasteiger partial charge in [0.2, 0.25) is 5.91 Å². The van der Waals surface area contributed by atoms with E-state index in [2.05, 4.69) is 16.6 Å². The molecule has 3 rings (SSSR count). The van der Waals surface area contributed by atoms with E-state index in [4.69, 9.17) is 9.47 Å². The number of phenolic OH excluding ortho intramolecular Hbond substituents is 1. The molecule has 0 saturated heterocycles. The summed E-state index contributed by atoms with van der Waals surface area (Å²) in [6, 6.07) is 20.0. The van der Waals surface area contributed by atoms with Gasteiger partial charge in [-0.2, -0.15) is 5.10 Å². The van der Waals surface area contributed by atoms with E-state index >= 15 is 0 Å². The van der Waals surface area contributed by atoms with E-state index in [0.29, 0.717) is 23.7 Å². The maximum atomic E-state index is 12.1. The zero-order chi connectivity index (χ0) is 21.3. The maximum Gasteiger partial charge on any atom is 0.244 e. The van der Waals surface area contributed by atoms with Gasteiger partial charge in [-0.3, -0.25) is 4.79 Å². The van der Waals surface area contributed by atoms with Crippen LogP contribution in [-0.2, 0) is 17.8 Å². The minimum Gasteiger partial charge on any atom is -0.508 e. The van der Waals surface area contributed by atoms with Crippen molar-refractivity contribution in [1.29, 1.82) is 0 Å². The van der Waals surface area contributed by atoms with Crippen LogP contribution in [0.2, 0.25) is 0 Å². The first kappa shape index (κ1) is 20.9. The van der Waals surface area contributed by atoms with E-state index in [1.165, 1.54) is 6.21 Å². The van der Waals surface area contributed by atoms with Gasteiger partial charge in [-0.15, -0.1) is 0 Å². The molecule has 0 atom stereocenters. The normalized spacial score (nSPS) is 10.7. The third-order valence-electron chi connectivity index (χ3n) is 4.39. The van der Waals surface area contributed by atoms with Gasteiger partial charge in [-0.05, 0) is 42.3 Å². The van der Waals surface area contributed by atoms with Crippen LogP contribution in [-0.4, -0.2) is 24.3 Å². The average molecular weight is 404 g/mol. The van der Waals surface area contributed by atoms with E-state index in [0.717, 1.165) is 16.7 Å². The van der Waals surface area contributed by atoms with Crippen LogP contribution in [0, 0.1) is 6.92 Å². The molecular weight excluding hydrogens is 380 g/mol. The van der Waals surface area contributed by atoms with E-state index in [1.807, 2.05) is 43.3 Å². The monoisotopic (exact) mass is 404 g/mol. The summed E-state index contributed by atoms with van der Waals surface area (Å²) in [5.74, 6) is 1.04. The molecule has 0 saturated carbocycles. The van der Waals surface area contributed by atoms with Crippen molar-refractivity contribution in [3.8, 4) is 17.2 Å². The molecule has 0 aliphatic carbocycles. The Labute approximate surface area is 175 Å². The van der Waals surface area contributed by atoms with Crippen LogP contribution < -0.4 is 14.9 Å². The fourth-order valence-electron chi connectivity index (χ4n) is 2.92. The molecule has 0 fully saturated rings. The predicted molar refractivity (Wildman–Crippen MR) is 116 cm³/mol. The minimum absolute atomic E-state index is 0.159. The smallest absolute Gasteiger partial charge is 0.244 e. The van der Waals surface area contributed by atoms with Gasteiger partial charge in [0.05, 0.1) is 19.7 Å². The van der Waals surface area contributed by atoms with Gasteiger partial charge < -0.3 is 14.6 Å². The van der Waals surface area contributed by atoms with Gasteiger partial charge in [-0.25, -0.2) is 5.43 Å². The number of carbonyl (C=O) groups excluding carboxylic acids is 1. The molecule has 0 spiro atoms. The van der Waals surface area contributed by atoms with E-state index in [-0.39, 0.29) is 18.1 Å². The summed E-state index contributed by atoms with van der Waals surface area (Å²) in [7, 11) is 1.58. The van der Waals surface area contributed by atoms with Crippen LogP contribution in [0.3, 0.4) is 0 Å². The number of hydrogen-bond acceptors (Lipinski definition) is 5. The number of aryl methyl sites for hydroxylation is 1. The maximum absolute atomic E-state index is 12.1. The molecule has 6 heteroatoms. The number of ether oxygens (including phenoxy) is 2. The van der Waals surface area contributed by atoms with Crippen molar-refractivity contribution < 1.29 is 19.4 Å². The highest BCUT2D eigenvalue weighted by atomic mass is 16.5. The number of hydrazone groups is 1. The van der Waals surface area contributed by atoms with Gasteiger partial charge in [0, 0.05) is 5.56 Å². The van der Waals surface area contributed by atoms with Crippen LogP contribution in [0.1, 0.15) is 22.3 Å². The van der Waals surface area contributed by atoms with Crippen molar-refractivity contribution in [2.24, 2.45) is 5.10 Å². The lowest BCUT2D eigenvalue weighted by Gasteiger charge is -2.13. The second-order valence-electron chi connectivity index (χ2n) is 6.79. The highest BCUT2D eigenvalue weighted by molar-refractivity contribution is 5.86. The Morgan fingerprint density at radius 1 is 1.07 bits per heavy atom. The van der Waals surface area contributed by atoms with E-state index in [9.17, 15) is 9.90 Å². The predicted octanol–water partition coefficient (Wildman–Crippen LogP) is 3.98. The van der Waals surface area contributed by atoms with Gasteiger partial charge >= 0.3 is 0 Å². The zero-order valence-electron chi connectivity index (χ0n) is 17.0. The van der Waals surface area contributed by atoms with Crippen LogP contribution in [0.25, 0.3) is 0 Å². The standard InChI is InChI=1S/C24H24N2O4/c1-17-5-3-6-19(13-17)16-30-24-20(7-4-8-22(24)29-2)15-25-26-23(28)14-18-9-11-21(27)12-10-18/h3-13,15,27H,14,16H2,1-2H3,(H,26,28)/b25-15-. The Morgan fingerprint density at radius 2 is 1.83 bits per heavy atom. The molecular formula is C24H24N2O4.